The molecule has 0 saturated heterocycles. The van der Waals surface area contributed by atoms with Crippen LogP contribution in [0.4, 0.5) is 0 Å². The van der Waals surface area contributed by atoms with Crippen molar-refractivity contribution in [2.45, 2.75) is 26.1 Å². The molecule has 0 heterocycles. The molecule has 0 aromatic rings. The van der Waals surface area contributed by atoms with Crippen molar-refractivity contribution >= 4 is 0 Å². The molecule has 1 N–H and O–H groups in total. The first kappa shape index (κ1) is 11.6. The van der Waals surface area contributed by atoms with Gasteiger partial charge < -0.3 is 14.6 Å². The van der Waals surface area contributed by atoms with Crippen LogP contribution in [0, 0.1) is 0 Å². The Morgan fingerprint density at radius 2 is 2.08 bits per heavy atom. The minimum atomic E-state index is -0.410. The minimum absolute atomic E-state index is 0.0274. The molecule has 0 spiro atoms. The number of hydrogen-bond donors (Lipinski definition) is 1. The summed E-state index contributed by atoms with van der Waals surface area (Å²) >= 11 is 0. The van der Waals surface area contributed by atoms with E-state index in [1.807, 2.05) is 6.92 Å². The molecule has 0 radical (unpaired) electrons. The molecule has 0 rings (SSSR count). The summed E-state index contributed by atoms with van der Waals surface area (Å²) in [7, 11) is 0. The van der Waals surface area contributed by atoms with Crippen LogP contribution in [0.5, 0.6) is 0 Å². The first-order valence-corrected chi connectivity index (χ1v) is 4.15. The highest BCUT2D eigenvalue weighted by molar-refractivity contribution is 4.64. The Morgan fingerprint density at radius 3 is 2.58 bits per heavy atom. The standard InChI is InChI=1S/C9H18O3/c1-4-5-11-7-9(3)12-6-8(2)10/h4,8-10H,1,5-7H2,2-3H3/t8-,9-/m0/s1. The van der Waals surface area contributed by atoms with E-state index in [9.17, 15) is 0 Å². The second kappa shape index (κ2) is 7.28. The van der Waals surface area contributed by atoms with Gasteiger partial charge in [-0.2, -0.15) is 0 Å². The predicted molar refractivity (Wildman–Crippen MR) is 48.1 cm³/mol. The third kappa shape index (κ3) is 7.72. The van der Waals surface area contributed by atoms with Crippen molar-refractivity contribution in [2.24, 2.45) is 0 Å². The molecule has 2 atom stereocenters. The van der Waals surface area contributed by atoms with E-state index < -0.39 is 6.10 Å². The van der Waals surface area contributed by atoms with Gasteiger partial charge in [0.05, 0.1) is 32.0 Å². The predicted octanol–water partition coefficient (Wildman–Crippen LogP) is 0.975. The lowest BCUT2D eigenvalue weighted by Crippen LogP contribution is -2.21. The van der Waals surface area contributed by atoms with Gasteiger partial charge in [-0.3, -0.25) is 0 Å². The molecule has 12 heavy (non-hydrogen) atoms. The number of aliphatic hydroxyl groups excluding tert-OH is 1. The number of ether oxygens (including phenoxy) is 2. The highest BCUT2D eigenvalue weighted by Gasteiger charge is 2.03. The van der Waals surface area contributed by atoms with Crippen molar-refractivity contribution in [2.75, 3.05) is 19.8 Å². The Morgan fingerprint density at radius 1 is 1.42 bits per heavy atom. The number of aliphatic hydroxyl groups is 1. The molecule has 0 fully saturated rings. The van der Waals surface area contributed by atoms with Gasteiger partial charge in [0.1, 0.15) is 0 Å². The van der Waals surface area contributed by atoms with E-state index in [0.717, 1.165) is 0 Å². The zero-order chi connectivity index (χ0) is 9.40. The molecule has 0 aromatic carbocycles. The summed E-state index contributed by atoms with van der Waals surface area (Å²) in [6.45, 7) is 8.57. The van der Waals surface area contributed by atoms with Gasteiger partial charge in [-0.1, -0.05) is 6.08 Å². The molecular formula is C9H18O3. The first-order valence-electron chi connectivity index (χ1n) is 4.15. The topological polar surface area (TPSA) is 38.7 Å². The van der Waals surface area contributed by atoms with Crippen molar-refractivity contribution in [1.29, 1.82) is 0 Å². The molecule has 0 amide bonds. The lowest BCUT2D eigenvalue weighted by atomic mass is 10.4. The van der Waals surface area contributed by atoms with Crippen LogP contribution in [0.2, 0.25) is 0 Å². The van der Waals surface area contributed by atoms with E-state index >= 15 is 0 Å². The van der Waals surface area contributed by atoms with Crippen LogP contribution in [0.3, 0.4) is 0 Å². The van der Waals surface area contributed by atoms with E-state index in [4.69, 9.17) is 14.6 Å². The Kier molecular flexibility index (Phi) is 7.05. The van der Waals surface area contributed by atoms with E-state index in [1.165, 1.54) is 0 Å². The van der Waals surface area contributed by atoms with Crippen molar-refractivity contribution < 1.29 is 14.6 Å². The van der Waals surface area contributed by atoms with E-state index in [1.54, 1.807) is 13.0 Å². The Balaban J connectivity index is 3.21. The zero-order valence-corrected chi connectivity index (χ0v) is 7.82. The fourth-order valence-corrected chi connectivity index (χ4v) is 0.669. The van der Waals surface area contributed by atoms with E-state index in [-0.39, 0.29) is 6.10 Å². The van der Waals surface area contributed by atoms with Gasteiger partial charge in [-0.15, -0.1) is 6.58 Å². The summed E-state index contributed by atoms with van der Waals surface area (Å²) in [5, 5.41) is 8.89. The summed E-state index contributed by atoms with van der Waals surface area (Å²) in [6, 6.07) is 0. The summed E-state index contributed by atoms with van der Waals surface area (Å²) < 4.78 is 10.4. The first-order chi connectivity index (χ1) is 5.66. The lowest BCUT2D eigenvalue weighted by molar-refractivity contribution is -0.0320. The monoisotopic (exact) mass is 174 g/mol. The SMILES string of the molecule is C=CCOC[C@H](C)OC[C@H](C)O. The van der Waals surface area contributed by atoms with Crippen LogP contribution in [-0.2, 0) is 9.47 Å². The molecular weight excluding hydrogens is 156 g/mol. The Hall–Kier alpha value is -0.380. The van der Waals surface area contributed by atoms with Gasteiger partial charge in [-0.05, 0) is 13.8 Å². The molecule has 0 aliphatic rings. The van der Waals surface area contributed by atoms with Crippen molar-refractivity contribution in [1.82, 2.24) is 0 Å². The van der Waals surface area contributed by atoms with Crippen LogP contribution in [-0.4, -0.2) is 37.1 Å². The molecule has 0 aliphatic heterocycles. The van der Waals surface area contributed by atoms with Crippen LogP contribution >= 0.6 is 0 Å². The third-order valence-corrected chi connectivity index (χ3v) is 1.21. The fraction of sp³-hybridized carbons (Fsp3) is 0.778. The minimum Gasteiger partial charge on any atom is -0.391 e. The summed E-state index contributed by atoms with van der Waals surface area (Å²) in [5.41, 5.74) is 0. The summed E-state index contributed by atoms with van der Waals surface area (Å²) in [4.78, 5) is 0. The van der Waals surface area contributed by atoms with Crippen molar-refractivity contribution in [3.63, 3.8) is 0 Å². The van der Waals surface area contributed by atoms with E-state index in [2.05, 4.69) is 6.58 Å². The maximum atomic E-state index is 8.89. The highest BCUT2D eigenvalue weighted by Crippen LogP contribution is 1.93. The normalized spacial score (nSPS) is 15.6. The molecule has 0 saturated carbocycles. The molecule has 0 bridgehead atoms. The zero-order valence-electron chi connectivity index (χ0n) is 7.82. The third-order valence-electron chi connectivity index (χ3n) is 1.21. The van der Waals surface area contributed by atoms with Crippen LogP contribution in [0.25, 0.3) is 0 Å². The molecule has 72 valence electrons. The van der Waals surface area contributed by atoms with Gasteiger partial charge in [0.15, 0.2) is 0 Å². The van der Waals surface area contributed by atoms with Crippen LogP contribution < -0.4 is 0 Å². The van der Waals surface area contributed by atoms with Gasteiger partial charge in [-0.25, -0.2) is 0 Å². The maximum absolute atomic E-state index is 8.89. The van der Waals surface area contributed by atoms with Gasteiger partial charge >= 0.3 is 0 Å². The molecule has 3 nitrogen and oxygen atoms in total. The number of hydrogen-bond acceptors (Lipinski definition) is 3. The van der Waals surface area contributed by atoms with Crippen LogP contribution in [0.1, 0.15) is 13.8 Å². The Labute approximate surface area is 74.0 Å². The quantitative estimate of drug-likeness (QED) is 0.462. The molecule has 0 unspecified atom stereocenters. The number of rotatable bonds is 7. The van der Waals surface area contributed by atoms with Crippen molar-refractivity contribution in [3.05, 3.63) is 12.7 Å². The highest BCUT2D eigenvalue weighted by atomic mass is 16.5. The maximum Gasteiger partial charge on any atom is 0.0781 e. The second-order valence-corrected chi connectivity index (χ2v) is 2.82. The molecule has 3 heteroatoms. The molecule has 0 aromatic heterocycles. The van der Waals surface area contributed by atoms with Crippen LogP contribution in [0.15, 0.2) is 12.7 Å². The Bertz CT molecular complexity index is 112. The average molecular weight is 174 g/mol. The van der Waals surface area contributed by atoms with Crippen molar-refractivity contribution in [3.8, 4) is 0 Å². The smallest absolute Gasteiger partial charge is 0.0781 e. The fourth-order valence-electron chi connectivity index (χ4n) is 0.669. The molecule has 0 aliphatic carbocycles. The van der Waals surface area contributed by atoms with E-state index in [0.29, 0.717) is 19.8 Å². The lowest BCUT2D eigenvalue weighted by Gasteiger charge is -2.13. The average Bonchev–Trinajstić information content (AvgIpc) is 2.01. The summed E-state index contributed by atoms with van der Waals surface area (Å²) in [6.07, 6.45) is 1.31. The van der Waals surface area contributed by atoms with Gasteiger partial charge in [0, 0.05) is 0 Å². The van der Waals surface area contributed by atoms with Gasteiger partial charge in [0.2, 0.25) is 0 Å². The second-order valence-electron chi connectivity index (χ2n) is 2.82. The van der Waals surface area contributed by atoms with Gasteiger partial charge in [0.25, 0.3) is 0 Å². The summed E-state index contributed by atoms with van der Waals surface area (Å²) in [5.74, 6) is 0. The largest absolute Gasteiger partial charge is 0.391 e.